The highest BCUT2D eigenvalue weighted by molar-refractivity contribution is 7.90. The number of carbonyl (C=O) groups is 1. The summed E-state index contributed by atoms with van der Waals surface area (Å²) >= 11 is 0. The number of hydrogen-bond acceptors (Lipinski definition) is 5. The van der Waals surface area contributed by atoms with Gasteiger partial charge < -0.3 is 14.7 Å². The van der Waals surface area contributed by atoms with E-state index in [0.29, 0.717) is 16.8 Å². The fourth-order valence-electron chi connectivity index (χ4n) is 4.76. The Bertz CT molecular complexity index is 1510. The molecule has 39 heavy (non-hydrogen) atoms. The van der Waals surface area contributed by atoms with E-state index in [0.717, 1.165) is 6.26 Å². The number of likely N-dealkylation sites (tertiary alicyclic amines) is 1. The summed E-state index contributed by atoms with van der Waals surface area (Å²) in [4.78, 5) is 25.8. The summed E-state index contributed by atoms with van der Waals surface area (Å²) in [6, 6.07) is 15.2. The molecule has 8 nitrogen and oxygen atoms in total. The maximum atomic E-state index is 13.0. The molecule has 0 radical (unpaired) electrons. The van der Waals surface area contributed by atoms with Crippen LogP contribution in [0, 0.1) is 0 Å². The molecule has 208 valence electrons. The van der Waals surface area contributed by atoms with E-state index in [1.165, 1.54) is 52.1 Å². The topological polar surface area (TPSA) is 106 Å². The molecule has 0 spiro atoms. The Morgan fingerprint density at radius 1 is 1.05 bits per heavy atom. The summed E-state index contributed by atoms with van der Waals surface area (Å²) in [7, 11) is -3.40. The zero-order chi connectivity index (χ0) is 28.4. The third-order valence-corrected chi connectivity index (χ3v) is 7.90. The molecule has 1 aromatic heterocycles. The third-order valence-electron chi connectivity index (χ3n) is 6.77. The number of alkyl halides is 3. The van der Waals surface area contributed by atoms with Crippen LogP contribution in [-0.4, -0.2) is 54.6 Å². The highest BCUT2D eigenvalue weighted by Crippen LogP contribution is 2.40. The zero-order valence-corrected chi connectivity index (χ0v) is 21.8. The van der Waals surface area contributed by atoms with Crippen molar-refractivity contribution in [1.29, 1.82) is 0 Å². The number of nitrogens with zero attached hydrogens (tertiary/aromatic N) is 2. The maximum absolute atomic E-state index is 13.0. The van der Waals surface area contributed by atoms with Crippen molar-refractivity contribution in [2.75, 3.05) is 19.3 Å². The summed E-state index contributed by atoms with van der Waals surface area (Å²) < 4.78 is 70.2. The molecule has 12 heteroatoms. The van der Waals surface area contributed by atoms with Crippen LogP contribution in [-0.2, 0) is 21.9 Å². The smallest absolute Gasteiger partial charge is 0.407 e. The number of sulfone groups is 1. The first-order valence-electron chi connectivity index (χ1n) is 12.1. The van der Waals surface area contributed by atoms with Crippen molar-refractivity contribution in [3.63, 3.8) is 0 Å². The van der Waals surface area contributed by atoms with Crippen LogP contribution in [0.15, 0.2) is 76.6 Å². The third kappa shape index (κ3) is 6.62. The summed E-state index contributed by atoms with van der Waals surface area (Å²) in [5, 5.41) is 9.42. The fraction of sp³-hybridized carbons (Fsp3) is 0.333. The minimum atomic E-state index is -4.35. The van der Waals surface area contributed by atoms with Crippen molar-refractivity contribution >= 4 is 15.9 Å². The van der Waals surface area contributed by atoms with Crippen molar-refractivity contribution in [3.8, 4) is 11.4 Å². The van der Waals surface area contributed by atoms with Gasteiger partial charge in [-0.15, -0.1) is 0 Å². The molecule has 1 aliphatic rings. The van der Waals surface area contributed by atoms with E-state index in [4.69, 9.17) is 4.74 Å². The van der Waals surface area contributed by atoms with Crippen molar-refractivity contribution in [2.45, 2.75) is 42.4 Å². The molecule has 1 amide bonds. The number of aromatic nitrogens is 1. The van der Waals surface area contributed by atoms with Crippen LogP contribution in [0.4, 0.5) is 18.0 Å². The van der Waals surface area contributed by atoms with Crippen LogP contribution in [0.3, 0.4) is 0 Å². The molecule has 0 bridgehead atoms. The van der Waals surface area contributed by atoms with Gasteiger partial charge in [-0.2, -0.15) is 13.2 Å². The van der Waals surface area contributed by atoms with E-state index in [1.54, 1.807) is 24.3 Å². The number of benzene rings is 2. The Labute approximate surface area is 223 Å². The lowest BCUT2D eigenvalue weighted by Gasteiger charge is -2.42. The van der Waals surface area contributed by atoms with Crippen molar-refractivity contribution < 1.29 is 36.2 Å². The molecule has 4 rings (SSSR count). The monoisotopic (exact) mass is 564 g/mol. The first-order chi connectivity index (χ1) is 18.3. The summed E-state index contributed by atoms with van der Waals surface area (Å²) in [5.74, 6) is 0.179. The first kappa shape index (κ1) is 28.2. The number of piperidine rings is 1. The molecule has 3 aromatic rings. The minimum absolute atomic E-state index is 0.104. The van der Waals surface area contributed by atoms with Gasteiger partial charge in [-0.1, -0.05) is 24.3 Å². The predicted octanol–water partition coefficient (Wildman–Crippen LogP) is 4.78. The summed E-state index contributed by atoms with van der Waals surface area (Å²) in [5.41, 5.74) is -0.217. The zero-order valence-electron chi connectivity index (χ0n) is 21.0. The van der Waals surface area contributed by atoms with Gasteiger partial charge in [-0.3, -0.25) is 9.36 Å². The van der Waals surface area contributed by atoms with Gasteiger partial charge in [-0.25, -0.2) is 13.2 Å². The van der Waals surface area contributed by atoms with Gasteiger partial charge >= 0.3 is 12.3 Å². The van der Waals surface area contributed by atoms with Crippen molar-refractivity contribution in [2.24, 2.45) is 0 Å². The molecular weight excluding hydrogens is 537 g/mol. The second kappa shape index (κ2) is 10.8. The van der Waals surface area contributed by atoms with Crippen molar-refractivity contribution in [3.05, 3.63) is 88.3 Å². The van der Waals surface area contributed by atoms with Crippen LogP contribution in [0.25, 0.3) is 5.69 Å². The largest absolute Gasteiger partial charge is 0.482 e. The molecule has 0 unspecified atom stereocenters. The van der Waals surface area contributed by atoms with Gasteiger partial charge in [0.1, 0.15) is 11.4 Å². The Hall–Kier alpha value is -3.80. The Balaban J connectivity index is 1.68. The fourth-order valence-corrected chi connectivity index (χ4v) is 5.39. The quantitative estimate of drug-likeness (QED) is 0.443. The van der Waals surface area contributed by atoms with Gasteiger partial charge in [0.15, 0.2) is 9.84 Å². The highest BCUT2D eigenvalue weighted by Gasteiger charge is 2.41. The average Bonchev–Trinajstić information content (AvgIpc) is 2.87. The van der Waals surface area contributed by atoms with Crippen LogP contribution in [0.5, 0.6) is 5.75 Å². The molecule has 2 heterocycles. The number of rotatable bonds is 7. The number of hydrogen-bond donors (Lipinski definition) is 1. The van der Waals surface area contributed by atoms with Crippen LogP contribution >= 0.6 is 0 Å². The average molecular weight is 565 g/mol. The highest BCUT2D eigenvalue weighted by atomic mass is 32.2. The van der Waals surface area contributed by atoms with Gasteiger partial charge in [0.25, 0.3) is 5.56 Å². The molecular formula is C27H27F3N2O6S. The van der Waals surface area contributed by atoms with E-state index in [9.17, 15) is 36.3 Å². The molecule has 1 aliphatic heterocycles. The molecule has 0 atom stereocenters. The standard InChI is InChI=1S/C27H27F3N2O6S/c1-39(36,37)22-8-6-20(7-9-22)32-15-11-21(18-24(32)33)38-26(13-16-31(17-14-26)25(34)35)23-5-3-2-4-19(23)10-12-27(28,29)30/h2-9,11,15,18H,10,12-14,16-17H2,1H3,(H,34,35). The Morgan fingerprint density at radius 2 is 1.69 bits per heavy atom. The van der Waals surface area contributed by atoms with E-state index >= 15 is 0 Å². The van der Waals surface area contributed by atoms with E-state index in [2.05, 4.69) is 0 Å². The lowest BCUT2D eigenvalue weighted by Crippen LogP contribution is -2.48. The molecule has 1 fully saturated rings. The maximum Gasteiger partial charge on any atom is 0.407 e. The molecule has 1 saturated heterocycles. The van der Waals surface area contributed by atoms with E-state index in [1.807, 2.05) is 0 Å². The van der Waals surface area contributed by atoms with Gasteiger partial charge in [0.2, 0.25) is 0 Å². The van der Waals surface area contributed by atoms with Gasteiger partial charge in [0.05, 0.1) is 4.90 Å². The number of pyridine rings is 1. The van der Waals surface area contributed by atoms with Gasteiger partial charge in [-0.05, 0) is 47.9 Å². The molecule has 2 aromatic carbocycles. The lowest BCUT2D eigenvalue weighted by molar-refractivity contribution is -0.134. The predicted molar refractivity (Wildman–Crippen MR) is 137 cm³/mol. The second-order valence-electron chi connectivity index (χ2n) is 9.48. The normalized spacial score (nSPS) is 15.6. The molecule has 1 N–H and O–H groups in total. The van der Waals surface area contributed by atoms with E-state index in [-0.39, 0.29) is 43.0 Å². The van der Waals surface area contributed by atoms with Crippen molar-refractivity contribution in [1.82, 2.24) is 9.47 Å². The van der Waals surface area contributed by atoms with Gasteiger partial charge in [0, 0.05) is 56.6 Å². The number of aryl methyl sites for hydroxylation is 1. The summed E-state index contributed by atoms with van der Waals surface area (Å²) in [6.07, 6.45) is -3.83. The van der Waals surface area contributed by atoms with Crippen LogP contribution in [0.2, 0.25) is 0 Å². The number of carboxylic acid groups (broad SMARTS) is 1. The lowest BCUT2D eigenvalue weighted by atomic mass is 9.80. The van der Waals surface area contributed by atoms with E-state index < -0.39 is 39.7 Å². The molecule has 0 aliphatic carbocycles. The second-order valence-corrected chi connectivity index (χ2v) is 11.5. The number of ether oxygens (including phenoxy) is 1. The van der Waals surface area contributed by atoms with Crippen LogP contribution < -0.4 is 10.3 Å². The summed E-state index contributed by atoms with van der Waals surface area (Å²) in [6.45, 7) is 0.208. The SMILES string of the molecule is CS(=O)(=O)c1ccc(-n2ccc(OC3(c4ccccc4CCC(F)(F)F)CCN(C(=O)O)CC3)cc2=O)cc1. The number of amides is 1. The minimum Gasteiger partial charge on any atom is -0.482 e. The first-order valence-corrected chi connectivity index (χ1v) is 14.0. The Kier molecular flexibility index (Phi) is 7.78. The van der Waals surface area contributed by atoms with Crippen LogP contribution in [0.1, 0.15) is 30.4 Å². The Morgan fingerprint density at radius 3 is 2.26 bits per heavy atom. The number of halogens is 3. The molecule has 0 saturated carbocycles.